The molecule has 1 aliphatic heterocycles. The first kappa shape index (κ1) is 20.6. The van der Waals surface area contributed by atoms with E-state index in [4.69, 9.17) is 5.63 Å². The van der Waals surface area contributed by atoms with Gasteiger partial charge in [-0.05, 0) is 0 Å². The van der Waals surface area contributed by atoms with Crippen molar-refractivity contribution >= 4 is 11.1 Å². The topological polar surface area (TPSA) is 18.5 Å². The van der Waals surface area contributed by atoms with E-state index in [0.29, 0.717) is 11.5 Å². The Hall–Kier alpha value is -2.26. The van der Waals surface area contributed by atoms with Gasteiger partial charge < -0.3 is 0 Å². The molecule has 3 aliphatic rings. The molecule has 0 saturated carbocycles. The Morgan fingerprint density at radius 3 is 1.58 bits per heavy atom. The van der Waals surface area contributed by atoms with E-state index in [-0.39, 0.29) is 11.6 Å². The molecule has 2 aliphatic carbocycles. The second kappa shape index (κ2) is 8.35. The normalized spacial score (nSPS) is 18.1. The Bertz CT molecular complexity index is 1110. The molecule has 0 fully saturated rings. The van der Waals surface area contributed by atoms with Crippen LogP contribution in [-0.2, 0) is 24.1 Å². The molecule has 31 heavy (non-hydrogen) atoms. The van der Waals surface area contributed by atoms with Gasteiger partial charge in [-0.25, -0.2) is 0 Å². The molecule has 0 spiro atoms. The maximum absolute atomic E-state index is 14.2. The molecule has 1 heterocycles. The third kappa shape index (κ3) is 3.89. The summed E-state index contributed by atoms with van der Waals surface area (Å²) in [5.41, 5.74) is 8.90. The summed E-state index contributed by atoms with van der Waals surface area (Å²) in [5, 5.41) is 0. The SMILES string of the molecule is CC1=CCC2=C1CCC1=C(CC=C1C)c1cc(F)ccc1[O][Zr][O]c1ccc(F)cc12. The van der Waals surface area contributed by atoms with Crippen LogP contribution < -0.4 is 5.63 Å². The van der Waals surface area contributed by atoms with Crippen molar-refractivity contribution in [2.45, 2.75) is 39.5 Å². The van der Waals surface area contributed by atoms with E-state index in [1.54, 1.807) is 24.3 Å². The number of hydrogen-bond acceptors (Lipinski definition) is 2. The average molecular weight is 496 g/mol. The quantitative estimate of drug-likeness (QED) is 0.381. The Morgan fingerprint density at radius 2 is 1.13 bits per heavy atom. The molecule has 2 nitrogen and oxygen atoms in total. The molecule has 5 rings (SSSR count). The third-order valence-corrected chi connectivity index (χ3v) is 7.86. The van der Waals surface area contributed by atoms with Gasteiger partial charge in [-0.1, -0.05) is 0 Å². The molecule has 0 bridgehead atoms. The molecule has 0 amide bonds. The average Bonchev–Trinajstić information content (AvgIpc) is 3.30. The van der Waals surface area contributed by atoms with Gasteiger partial charge in [-0.15, -0.1) is 0 Å². The summed E-state index contributed by atoms with van der Waals surface area (Å²) in [6, 6.07) is 9.40. The first-order valence-electron chi connectivity index (χ1n) is 10.5. The van der Waals surface area contributed by atoms with Crippen molar-refractivity contribution < 1.29 is 38.5 Å². The number of rotatable bonds is 0. The van der Waals surface area contributed by atoms with E-state index in [2.05, 4.69) is 26.0 Å². The number of allylic oxidation sites excluding steroid dienone is 8. The van der Waals surface area contributed by atoms with Crippen LogP contribution in [0.25, 0.3) is 11.1 Å². The van der Waals surface area contributed by atoms with Crippen molar-refractivity contribution in [3.05, 3.63) is 93.6 Å². The molecule has 156 valence electrons. The summed E-state index contributed by atoms with van der Waals surface area (Å²) in [6.45, 7) is 4.24. The van der Waals surface area contributed by atoms with Crippen LogP contribution in [0, 0.1) is 11.6 Å². The minimum absolute atomic E-state index is 0.269. The van der Waals surface area contributed by atoms with Gasteiger partial charge in [0, 0.05) is 0 Å². The molecule has 5 heteroatoms. The van der Waals surface area contributed by atoms with Gasteiger partial charge in [-0.2, -0.15) is 0 Å². The zero-order chi connectivity index (χ0) is 21.5. The van der Waals surface area contributed by atoms with Crippen LogP contribution in [0.4, 0.5) is 8.78 Å². The first-order valence-corrected chi connectivity index (χ1v) is 12.5. The monoisotopic (exact) mass is 494 g/mol. The van der Waals surface area contributed by atoms with Crippen LogP contribution in [0.3, 0.4) is 0 Å². The molecule has 0 radical (unpaired) electrons. The Kier molecular flexibility index (Phi) is 5.56. The van der Waals surface area contributed by atoms with Crippen molar-refractivity contribution in [1.82, 2.24) is 0 Å². The third-order valence-electron chi connectivity index (χ3n) is 6.37. The molecule has 0 N–H and O–H groups in total. The fraction of sp³-hybridized carbons (Fsp3) is 0.231. The van der Waals surface area contributed by atoms with E-state index in [0.717, 1.165) is 48.0 Å². The van der Waals surface area contributed by atoms with Crippen molar-refractivity contribution in [3.63, 3.8) is 0 Å². The Morgan fingerprint density at radius 1 is 0.677 bits per heavy atom. The van der Waals surface area contributed by atoms with Crippen molar-refractivity contribution in [2.24, 2.45) is 0 Å². The van der Waals surface area contributed by atoms with Crippen LogP contribution in [-0.4, -0.2) is 0 Å². The maximum atomic E-state index is 14.2. The number of halogens is 2. The second-order valence-electron chi connectivity index (χ2n) is 8.17. The molecule has 0 atom stereocenters. The number of benzene rings is 2. The predicted octanol–water partition coefficient (Wildman–Crippen LogP) is 7.34. The van der Waals surface area contributed by atoms with Crippen molar-refractivity contribution in [1.29, 1.82) is 0 Å². The predicted molar refractivity (Wildman–Crippen MR) is 114 cm³/mol. The van der Waals surface area contributed by atoms with Gasteiger partial charge >= 0.3 is 194 Å². The van der Waals surface area contributed by atoms with E-state index >= 15 is 0 Å². The zero-order valence-electron chi connectivity index (χ0n) is 17.5. The van der Waals surface area contributed by atoms with Gasteiger partial charge in [0.1, 0.15) is 0 Å². The summed E-state index contributed by atoms with van der Waals surface area (Å²) < 4.78 is 40.6. The number of hydrogen-bond donors (Lipinski definition) is 0. The van der Waals surface area contributed by atoms with Crippen LogP contribution in [0.5, 0.6) is 11.5 Å². The van der Waals surface area contributed by atoms with Crippen LogP contribution in [0.1, 0.15) is 50.7 Å². The minimum atomic E-state index is -1.79. The molecular weight excluding hydrogens is 474 g/mol. The molecule has 0 unspecified atom stereocenters. The van der Waals surface area contributed by atoms with E-state index in [1.165, 1.54) is 34.4 Å². The van der Waals surface area contributed by atoms with Crippen LogP contribution in [0.2, 0.25) is 0 Å². The van der Waals surface area contributed by atoms with E-state index in [1.807, 2.05) is 0 Å². The summed E-state index contributed by atoms with van der Waals surface area (Å²) in [6.07, 6.45) is 7.67. The van der Waals surface area contributed by atoms with Gasteiger partial charge in [0.05, 0.1) is 0 Å². The molecule has 2 aromatic carbocycles. The fourth-order valence-electron chi connectivity index (χ4n) is 4.73. The first-order chi connectivity index (χ1) is 15.0. The molecule has 0 aromatic heterocycles. The van der Waals surface area contributed by atoms with Gasteiger partial charge in [0.15, 0.2) is 0 Å². The van der Waals surface area contributed by atoms with Crippen molar-refractivity contribution in [2.75, 3.05) is 0 Å². The van der Waals surface area contributed by atoms with E-state index in [9.17, 15) is 8.78 Å². The van der Waals surface area contributed by atoms with Gasteiger partial charge in [0.2, 0.25) is 0 Å². The second-order valence-corrected chi connectivity index (χ2v) is 9.58. The van der Waals surface area contributed by atoms with Crippen LogP contribution in [0.15, 0.2) is 70.8 Å². The van der Waals surface area contributed by atoms with E-state index < -0.39 is 24.1 Å². The summed E-state index contributed by atoms with van der Waals surface area (Å²) in [7, 11) is 0. The zero-order valence-corrected chi connectivity index (χ0v) is 20.0. The Balaban J connectivity index is 1.66. The van der Waals surface area contributed by atoms with Gasteiger partial charge in [0.25, 0.3) is 0 Å². The summed E-state index contributed by atoms with van der Waals surface area (Å²) in [5.74, 6) is 0.802. The molecule has 0 saturated heterocycles. The number of fused-ring (bicyclic) bond motifs is 4. The summed E-state index contributed by atoms with van der Waals surface area (Å²) in [4.78, 5) is 0. The van der Waals surface area contributed by atoms with Crippen LogP contribution >= 0.6 is 0 Å². The summed E-state index contributed by atoms with van der Waals surface area (Å²) >= 11 is -1.79. The Labute approximate surface area is 193 Å². The fourth-order valence-corrected chi connectivity index (χ4v) is 6.15. The molecule has 2 aromatic rings. The van der Waals surface area contributed by atoms with Crippen molar-refractivity contribution in [3.8, 4) is 11.5 Å². The standard InChI is InChI=1S/C26H24F2O2.Zr/c1-15-3-7-21(23-13-17(27)5-11-25(23)29)19(15)9-10-20-16(2)4-8-22(20)24-14-18(28)6-12-26(24)30;/h3-6,11-14,29-30H,7-10H2,1-2H3;/q;+2/p-2. The van der Waals surface area contributed by atoms with Gasteiger partial charge in [-0.3, -0.25) is 0 Å². The molecular formula is C26H22F2O2Zr.